The smallest absolute Gasteiger partial charge is 0.303 e. The number of alkyl halides is 1. The maximum Gasteiger partial charge on any atom is 0.303 e. The van der Waals surface area contributed by atoms with Crippen LogP contribution in [0.2, 0.25) is 0 Å². The Balaban J connectivity index is 1.41. The van der Waals surface area contributed by atoms with E-state index in [2.05, 4.69) is 9.88 Å². The summed E-state index contributed by atoms with van der Waals surface area (Å²) in [6.45, 7) is 0.925. The number of methoxy groups -OCH3 is 1. The number of ether oxygens (including phenoxy) is 1. The van der Waals surface area contributed by atoms with Crippen molar-refractivity contribution < 1.29 is 37.3 Å². The first-order valence-electron chi connectivity index (χ1n) is 13.1. The zero-order chi connectivity index (χ0) is 28.9. The van der Waals surface area contributed by atoms with Gasteiger partial charge >= 0.3 is 5.97 Å². The van der Waals surface area contributed by atoms with Gasteiger partial charge < -0.3 is 19.8 Å². The molecule has 40 heavy (non-hydrogen) atoms. The molecule has 6 nitrogen and oxygen atoms in total. The van der Waals surface area contributed by atoms with Gasteiger partial charge in [0.1, 0.15) is 18.2 Å². The number of likely N-dealkylation sites (tertiary alicyclic amines) is 1. The van der Waals surface area contributed by atoms with Gasteiger partial charge in [0.15, 0.2) is 11.6 Å². The molecular formula is C29H32F4N2O4S. The first kappa shape index (κ1) is 30.1. The van der Waals surface area contributed by atoms with E-state index in [-0.39, 0.29) is 23.3 Å². The lowest BCUT2D eigenvalue weighted by molar-refractivity contribution is -0.141. The van der Waals surface area contributed by atoms with E-state index >= 15 is 0 Å². The third-order valence-electron chi connectivity index (χ3n) is 7.69. The quantitative estimate of drug-likeness (QED) is 0.148. The second kappa shape index (κ2) is 13.2. The lowest BCUT2D eigenvalue weighted by Gasteiger charge is -2.41. The van der Waals surface area contributed by atoms with Crippen molar-refractivity contribution in [2.75, 3.05) is 32.5 Å². The van der Waals surface area contributed by atoms with Crippen LogP contribution in [-0.2, 0) is 11.5 Å². The standard InChI is InChI=1S/C29H32F4N2O4S/c1-39-20-2-3-23-21(14-20)27(18(16-30)17-34-23)24(36)4-5-29(15-26(37)38)6-8-35(9-7-29)10-11-40-25-13-19(31)12-22(32)28(25)33/h2-3,12-14,17,24,36H,4-11,15-16H2,1H3,(H,37,38)/t24-/m0/s1. The first-order chi connectivity index (χ1) is 19.1. The molecule has 216 valence electrons. The van der Waals surface area contributed by atoms with Gasteiger partial charge in [-0.1, -0.05) is 0 Å². The van der Waals surface area contributed by atoms with Crippen molar-refractivity contribution >= 4 is 28.6 Å². The minimum absolute atomic E-state index is 0.0586. The molecule has 1 fully saturated rings. The van der Waals surface area contributed by atoms with Crippen molar-refractivity contribution in [2.45, 2.75) is 49.8 Å². The Kier molecular flexibility index (Phi) is 9.91. The predicted molar refractivity (Wildman–Crippen MR) is 145 cm³/mol. The molecule has 4 rings (SSSR count). The Morgan fingerprint density at radius 2 is 1.95 bits per heavy atom. The molecule has 0 unspecified atom stereocenters. The van der Waals surface area contributed by atoms with Crippen LogP contribution in [0.1, 0.15) is 49.3 Å². The van der Waals surface area contributed by atoms with Crippen molar-refractivity contribution in [3.8, 4) is 5.75 Å². The maximum atomic E-state index is 13.9. The Morgan fingerprint density at radius 1 is 1.20 bits per heavy atom. The number of carboxylic acids is 1. The average molecular weight is 581 g/mol. The molecule has 3 aromatic rings. The number of aliphatic hydroxyl groups is 1. The zero-order valence-corrected chi connectivity index (χ0v) is 23.0. The summed E-state index contributed by atoms with van der Waals surface area (Å²) in [5, 5.41) is 21.5. The number of aliphatic hydroxyl groups excluding tert-OH is 1. The molecule has 1 aliphatic rings. The van der Waals surface area contributed by atoms with Crippen LogP contribution in [0.3, 0.4) is 0 Å². The van der Waals surface area contributed by atoms with E-state index in [9.17, 15) is 32.6 Å². The lowest BCUT2D eigenvalue weighted by Crippen LogP contribution is -2.42. The summed E-state index contributed by atoms with van der Waals surface area (Å²) in [5.74, 6) is -3.09. The number of aromatic nitrogens is 1. The lowest BCUT2D eigenvalue weighted by atomic mass is 9.71. The van der Waals surface area contributed by atoms with Gasteiger partial charge in [-0.2, -0.15) is 0 Å². The molecule has 0 spiro atoms. The van der Waals surface area contributed by atoms with Gasteiger partial charge in [-0.05, 0) is 74.0 Å². The Morgan fingerprint density at radius 3 is 2.62 bits per heavy atom. The number of aliphatic carboxylic acids is 1. The molecule has 11 heteroatoms. The highest BCUT2D eigenvalue weighted by Crippen LogP contribution is 2.42. The van der Waals surface area contributed by atoms with E-state index in [1.54, 1.807) is 18.2 Å². The number of fused-ring (bicyclic) bond motifs is 1. The molecule has 0 aliphatic carbocycles. The second-order valence-corrected chi connectivity index (χ2v) is 11.4. The summed E-state index contributed by atoms with van der Waals surface area (Å²) in [4.78, 5) is 18.1. The maximum absolute atomic E-state index is 13.9. The Bertz CT molecular complexity index is 1350. The minimum atomic E-state index is -1.22. The fourth-order valence-corrected chi connectivity index (χ4v) is 6.45. The number of piperidine rings is 1. The Hall–Kier alpha value is -2.89. The van der Waals surface area contributed by atoms with E-state index in [0.717, 1.165) is 17.8 Å². The van der Waals surface area contributed by atoms with Crippen molar-refractivity contribution in [3.05, 3.63) is 65.1 Å². The van der Waals surface area contributed by atoms with E-state index < -0.39 is 41.6 Å². The molecule has 1 atom stereocenters. The summed E-state index contributed by atoms with van der Waals surface area (Å²) < 4.78 is 60.0. The number of nitrogens with zero attached hydrogens (tertiary/aromatic N) is 2. The van der Waals surface area contributed by atoms with E-state index in [1.165, 1.54) is 13.3 Å². The monoisotopic (exact) mass is 580 g/mol. The number of carboxylic acid groups (broad SMARTS) is 1. The molecule has 2 N–H and O–H groups in total. The van der Waals surface area contributed by atoms with Gasteiger partial charge in [-0.3, -0.25) is 9.78 Å². The fraction of sp³-hybridized carbons (Fsp3) is 0.448. The SMILES string of the molecule is COc1ccc2ncc(CF)c([C@@H](O)CCC3(CC(=O)O)CCN(CCSc4cc(F)cc(F)c4F)CC3)c2c1. The zero-order valence-electron chi connectivity index (χ0n) is 22.1. The highest BCUT2D eigenvalue weighted by Gasteiger charge is 2.37. The summed E-state index contributed by atoms with van der Waals surface area (Å²) >= 11 is 1.03. The van der Waals surface area contributed by atoms with Crippen LogP contribution < -0.4 is 4.74 Å². The third kappa shape index (κ3) is 7.05. The summed E-state index contributed by atoms with van der Waals surface area (Å²) in [6.07, 6.45) is 2.15. The molecule has 2 aromatic carbocycles. The van der Waals surface area contributed by atoms with Gasteiger partial charge in [-0.25, -0.2) is 17.6 Å². The number of halogens is 4. The van der Waals surface area contributed by atoms with Gasteiger partial charge in [0.2, 0.25) is 0 Å². The number of hydrogen-bond donors (Lipinski definition) is 2. The highest BCUT2D eigenvalue weighted by atomic mass is 32.2. The third-order valence-corrected chi connectivity index (χ3v) is 8.69. The molecule has 1 aliphatic heterocycles. The van der Waals surface area contributed by atoms with Crippen LogP contribution in [0.5, 0.6) is 5.75 Å². The summed E-state index contributed by atoms with van der Waals surface area (Å²) in [5.41, 5.74) is 0.763. The molecule has 0 bridgehead atoms. The number of benzene rings is 2. The van der Waals surface area contributed by atoms with Crippen LogP contribution >= 0.6 is 11.8 Å². The largest absolute Gasteiger partial charge is 0.497 e. The van der Waals surface area contributed by atoms with Gasteiger partial charge in [0.25, 0.3) is 0 Å². The Labute approximate surface area is 234 Å². The topological polar surface area (TPSA) is 82.9 Å². The fourth-order valence-electron chi connectivity index (χ4n) is 5.46. The number of carbonyl (C=O) groups is 1. The number of rotatable bonds is 12. The van der Waals surface area contributed by atoms with E-state index in [4.69, 9.17) is 4.74 Å². The van der Waals surface area contributed by atoms with Crippen molar-refractivity contribution in [2.24, 2.45) is 5.41 Å². The molecule has 2 heterocycles. The molecule has 0 radical (unpaired) electrons. The number of pyridine rings is 1. The molecular weight excluding hydrogens is 548 g/mol. The van der Waals surface area contributed by atoms with Crippen molar-refractivity contribution in [3.63, 3.8) is 0 Å². The average Bonchev–Trinajstić information content (AvgIpc) is 2.94. The highest BCUT2D eigenvalue weighted by molar-refractivity contribution is 7.99. The van der Waals surface area contributed by atoms with Gasteiger partial charge in [0, 0.05) is 40.4 Å². The number of hydrogen-bond acceptors (Lipinski definition) is 6. The second-order valence-electron chi connectivity index (χ2n) is 10.2. The molecule has 0 amide bonds. The normalized spacial score (nSPS) is 16.2. The molecule has 0 saturated carbocycles. The molecule has 1 aromatic heterocycles. The first-order valence-corrected chi connectivity index (χ1v) is 14.0. The predicted octanol–water partition coefficient (Wildman–Crippen LogP) is 6.29. The van der Waals surface area contributed by atoms with Crippen LogP contribution in [0.15, 0.2) is 41.4 Å². The van der Waals surface area contributed by atoms with Gasteiger partial charge in [0.05, 0.1) is 25.2 Å². The molecule has 1 saturated heterocycles. The van der Waals surface area contributed by atoms with Crippen LogP contribution in [0.4, 0.5) is 17.6 Å². The van der Waals surface area contributed by atoms with Crippen molar-refractivity contribution in [1.82, 2.24) is 9.88 Å². The van der Waals surface area contributed by atoms with Gasteiger partial charge in [-0.15, -0.1) is 11.8 Å². The van der Waals surface area contributed by atoms with E-state index in [0.29, 0.717) is 72.9 Å². The van der Waals surface area contributed by atoms with Crippen LogP contribution in [0.25, 0.3) is 10.9 Å². The summed E-state index contributed by atoms with van der Waals surface area (Å²) in [7, 11) is 1.52. The van der Waals surface area contributed by atoms with Crippen LogP contribution in [0, 0.1) is 22.9 Å². The van der Waals surface area contributed by atoms with Crippen LogP contribution in [-0.4, -0.2) is 58.6 Å². The minimum Gasteiger partial charge on any atom is -0.497 e. The summed E-state index contributed by atoms with van der Waals surface area (Å²) in [6, 6.07) is 6.68. The van der Waals surface area contributed by atoms with E-state index in [1.807, 2.05) is 0 Å². The number of thioether (sulfide) groups is 1. The van der Waals surface area contributed by atoms with Crippen molar-refractivity contribution in [1.29, 1.82) is 0 Å².